The molecule has 0 unspecified atom stereocenters. The monoisotopic (exact) mass is 414 g/mol. The molecule has 0 spiro atoms. The summed E-state index contributed by atoms with van der Waals surface area (Å²) in [5, 5.41) is 7.53. The van der Waals surface area contributed by atoms with Gasteiger partial charge in [-0.15, -0.1) is 11.3 Å². The normalized spacial score (nSPS) is 11.3. The Hall–Kier alpha value is -2.54. The molecule has 0 saturated carbocycles. The molecule has 0 saturated heterocycles. The second kappa shape index (κ2) is 8.86. The van der Waals surface area contributed by atoms with Crippen molar-refractivity contribution in [1.29, 1.82) is 0 Å². The quantitative estimate of drug-likeness (QED) is 0.556. The summed E-state index contributed by atoms with van der Waals surface area (Å²) >= 11 is 1.55. The van der Waals surface area contributed by atoms with Gasteiger partial charge in [0.15, 0.2) is 0 Å². The van der Waals surface area contributed by atoms with E-state index in [0.717, 1.165) is 34.2 Å². The molecule has 29 heavy (non-hydrogen) atoms. The topological polar surface area (TPSA) is 51.0 Å². The summed E-state index contributed by atoms with van der Waals surface area (Å²) in [5.41, 5.74) is 4.34. The Morgan fingerprint density at radius 1 is 1.21 bits per heavy atom. The highest BCUT2D eigenvalue weighted by Crippen LogP contribution is 2.22. The van der Waals surface area contributed by atoms with Gasteiger partial charge in [0, 0.05) is 28.9 Å². The second-order valence-electron chi connectivity index (χ2n) is 7.72. The predicted octanol–water partition coefficient (Wildman–Crippen LogP) is 4.84. The number of halogens is 1. The van der Waals surface area contributed by atoms with E-state index in [2.05, 4.69) is 23.9 Å². The zero-order valence-electron chi connectivity index (χ0n) is 17.6. The molecule has 0 bridgehead atoms. The van der Waals surface area contributed by atoms with Crippen molar-refractivity contribution in [3.63, 3.8) is 0 Å². The van der Waals surface area contributed by atoms with Crippen molar-refractivity contribution in [3.8, 4) is 0 Å². The number of amides is 1. The molecule has 0 atom stereocenters. The summed E-state index contributed by atoms with van der Waals surface area (Å²) in [4.78, 5) is 19.5. The Bertz CT molecular complexity index is 991. The van der Waals surface area contributed by atoms with Gasteiger partial charge in [0.2, 0.25) is 5.91 Å². The molecule has 1 amide bonds. The summed E-state index contributed by atoms with van der Waals surface area (Å²) in [6, 6.07) is 6.01. The van der Waals surface area contributed by atoms with Crippen LogP contribution in [0.3, 0.4) is 0 Å². The van der Waals surface area contributed by atoms with E-state index in [1.165, 1.54) is 12.1 Å². The molecule has 0 radical (unpaired) electrons. The first-order valence-corrected chi connectivity index (χ1v) is 10.6. The van der Waals surface area contributed by atoms with Crippen LogP contribution >= 0.6 is 11.3 Å². The molecule has 1 aromatic carbocycles. The van der Waals surface area contributed by atoms with Crippen molar-refractivity contribution in [2.24, 2.45) is 5.92 Å². The van der Waals surface area contributed by atoms with E-state index < -0.39 is 0 Å². The van der Waals surface area contributed by atoms with Gasteiger partial charge < -0.3 is 4.90 Å². The number of benzene rings is 1. The zero-order valence-corrected chi connectivity index (χ0v) is 18.4. The molecule has 5 nitrogen and oxygen atoms in total. The van der Waals surface area contributed by atoms with Gasteiger partial charge in [-0.25, -0.2) is 9.37 Å². The lowest BCUT2D eigenvalue weighted by Crippen LogP contribution is -2.32. The Labute approximate surface area is 175 Å². The second-order valence-corrected chi connectivity index (χ2v) is 8.78. The van der Waals surface area contributed by atoms with Crippen molar-refractivity contribution in [3.05, 3.63) is 63.1 Å². The highest BCUT2D eigenvalue weighted by Gasteiger charge is 2.22. The number of hydrogen-bond acceptors (Lipinski definition) is 4. The Morgan fingerprint density at radius 2 is 1.90 bits per heavy atom. The summed E-state index contributed by atoms with van der Waals surface area (Å²) in [5.74, 6) is 0.0880. The highest BCUT2D eigenvalue weighted by molar-refractivity contribution is 7.09. The number of rotatable bonds is 7. The van der Waals surface area contributed by atoms with E-state index in [4.69, 9.17) is 0 Å². The molecule has 3 aromatic rings. The van der Waals surface area contributed by atoms with Crippen molar-refractivity contribution in [1.82, 2.24) is 14.8 Å². The van der Waals surface area contributed by atoms with Gasteiger partial charge in [-0.3, -0.25) is 9.48 Å². The molecular weight excluding hydrogens is 387 g/mol. The average molecular weight is 415 g/mol. The number of carbonyl (C=O) groups excluding carboxylic acids is 1. The minimum Gasteiger partial charge on any atom is -0.306 e. The fourth-order valence-electron chi connectivity index (χ4n) is 3.35. The van der Waals surface area contributed by atoms with Crippen LogP contribution in [0.15, 0.2) is 29.6 Å². The lowest BCUT2D eigenvalue weighted by Gasteiger charge is -2.22. The first kappa shape index (κ1) is 21.2. The molecule has 0 fully saturated rings. The number of hydrogen-bond donors (Lipinski definition) is 0. The molecule has 7 heteroatoms. The van der Waals surface area contributed by atoms with E-state index in [-0.39, 0.29) is 18.1 Å². The molecule has 2 heterocycles. The summed E-state index contributed by atoms with van der Waals surface area (Å²) in [6.45, 7) is 11.4. The molecule has 0 N–H and O–H groups in total. The molecule has 154 valence electrons. The van der Waals surface area contributed by atoms with Crippen LogP contribution in [0.5, 0.6) is 0 Å². The van der Waals surface area contributed by atoms with Crippen LogP contribution in [0.4, 0.5) is 10.1 Å². The van der Waals surface area contributed by atoms with Gasteiger partial charge in [0.1, 0.15) is 5.82 Å². The van der Waals surface area contributed by atoms with Crippen molar-refractivity contribution in [2.45, 2.75) is 54.1 Å². The summed E-state index contributed by atoms with van der Waals surface area (Å²) < 4.78 is 15.4. The number of aryl methyl sites for hydroxylation is 2. The SMILES string of the molecule is Cc1nc(CN(C(=O)Cc2c(C)nn(CC(C)C)c2C)c2ccc(F)cc2)cs1. The van der Waals surface area contributed by atoms with Crippen LogP contribution in [-0.2, 0) is 24.3 Å². The number of aromatic nitrogens is 3. The smallest absolute Gasteiger partial charge is 0.231 e. The predicted molar refractivity (Wildman–Crippen MR) is 115 cm³/mol. The van der Waals surface area contributed by atoms with Gasteiger partial charge in [-0.1, -0.05) is 13.8 Å². The number of anilines is 1. The third kappa shape index (κ3) is 5.09. The van der Waals surface area contributed by atoms with Crippen molar-refractivity contribution >= 4 is 22.9 Å². The van der Waals surface area contributed by atoms with Crippen LogP contribution in [0.25, 0.3) is 0 Å². The first-order valence-electron chi connectivity index (χ1n) is 9.74. The maximum Gasteiger partial charge on any atom is 0.231 e. The Morgan fingerprint density at radius 3 is 2.48 bits per heavy atom. The largest absolute Gasteiger partial charge is 0.306 e. The fraction of sp³-hybridized carbons (Fsp3) is 0.409. The minimum absolute atomic E-state index is 0.0578. The number of nitrogens with zero attached hydrogens (tertiary/aromatic N) is 4. The third-order valence-electron chi connectivity index (χ3n) is 4.82. The van der Waals surface area contributed by atoms with Crippen molar-refractivity contribution in [2.75, 3.05) is 4.90 Å². The summed E-state index contributed by atoms with van der Waals surface area (Å²) in [6.07, 6.45) is 0.246. The fourth-order valence-corrected chi connectivity index (χ4v) is 3.95. The first-order chi connectivity index (χ1) is 13.7. The Balaban J connectivity index is 1.88. The molecule has 0 aliphatic heterocycles. The van der Waals surface area contributed by atoms with Crippen molar-refractivity contribution < 1.29 is 9.18 Å². The highest BCUT2D eigenvalue weighted by atomic mass is 32.1. The van der Waals surface area contributed by atoms with Gasteiger partial charge >= 0.3 is 0 Å². The molecule has 3 rings (SSSR count). The van der Waals surface area contributed by atoms with Crippen LogP contribution in [-0.4, -0.2) is 20.7 Å². The molecule has 0 aliphatic carbocycles. The van der Waals surface area contributed by atoms with Gasteiger partial charge in [0.05, 0.1) is 29.4 Å². The van der Waals surface area contributed by atoms with Crippen LogP contribution in [0.1, 0.15) is 41.5 Å². The maximum atomic E-state index is 13.4. The zero-order chi connectivity index (χ0) is 21.1. The molecule has 2 aromatic heterocycles. The lowest BCUT2D eigenvalue weighted by atomic mass is 10.1. The number of thiazole rings is 1. The van der Waals surface area contributed by atoms with E-state index in [1.54, 1.807) is 28.4 Å². The summed E-state index contributed by atoms with van der Waals surface area (Å²) in [7, 11) is 0. The van der Waals surface area contributed by atoms with Crippen LogP contribution in [0.2, 0.25) is 0 Å². The average Bonchev–Trinajstić information content (AvgIpc) is 3.18. The van der Waals surface area contributed by atoms with Crippen LogP contribution < -0.4 is 4.90 Å². The number of carbonyl (C=O) groups is 1. The molecular formula is C22H27FN4OS. The van der Waals surface area contributed by atoms with E-state index in [0.29, 0.717) is 18.2 Å². The van der Waals surface area contributed by atoms with E-state index >= 15 is 0 Å². The van der Waals surface area contributed by atoms with Gasteiger partial charge in [0.25, 0.3) is 0 Å². The maximum absolute atomic E-state index is 13.4. The van der Waals surface area contributed by atoms with Gasteiger partial charge in [-0.2, -0.15) is 5.10 Å². The Kier molecular flexibility index (Phi) is 6.47. The van der Waals surface area contributed by atoms with E-state index in [1.807, 2.05) is 30.8 Å². The standard InChI is InChI=1S/C22H27FN4OS/c1-14(2)11-27-16(4)21(15(3)25-27)10-22(28)26(12-19-13-29-17(5)24-19)20-8-6-18(23)7-9-20/h6-9,13-14H,10-12H2,1-5H3. The van der Waals surface area contributed by atoms with Crippen LogP contribution in [0, 0.1) is 32.5 Å². The minimum atomic E-state index is -0.327. The van der Waals surface area contributed by atoms with E-state index in [9.17, 15) is 9.18 Å². The third-order valence-corrected chi connectivity index (χ3v) is 5.65. The van der Waals surface area contributed by atoms with Gasteiger partial charge in [-0.05, 0) is 51.0 Å². The lowest BCUT2D eigenvalue weighted by molar-refractivity contribution is -0.118. The molecule has 0 aliphatic rings.